The van der Waals surface area contributed by atoms with Gasteiger partial charge in [-0.15, -0.1) is 11.3 Å². The number of nitrogens with one attached hydrogen (secondary N) is 1. The zero-order valence-electron chi connectivity index (χ0n) is 14.8. The van der Waals surface area contributed by atoms with E-state index in [9.17, 15) is 14.4 Å². The van der Waals surface area contributed by atoms with Gasteiger partial charge in [-0.3, -0.25) is 9.59 Å². The molecule has 2 aromatic carbocycles. The van der Waals surface area contributed by atoms with Gasteiger partial charge in [0.1, 0.15) is 4.88 Å². The Hall–Kier alpha value is -3.39. The van der Waals surface area contributed by atoms with Crippen LogP contribution in [0.3, 0.4) is 0 Å². The molecule has 8 heteroatoms. The molecule has 0 bridgehead atoms. The molecule has 4 rings (SSSR count). The first-order chi connectivity index (χ1) is 13.5. The van der Waals surface area contributed by atoms with E-state index >= 15 is 0 Å². The minimum absolute atomic E-state index is 0.0524. The van der Waals surface area contributed by atoms with E-state index in [-0.39, 0.29) is 23.8 Å². The summed E-state index contributed by atoms with van der Waals surface area (Å²) in [5, 5.41) is 3.53. The quantitative estimate of drug-likeness (QED) is 0.522. The second-order valence-corrected chi connectivity index (χ2v) is 7.16. The van der Waals surface area contributed by atoms with E-state index < -0.39 is 18.5 Å². The zero-order valence-corrected chi connectivity index (χ0v) is 15.6. The van der Waals surface area contributed by atoms with Crippen LogP contribution in [0.5, 0.6) is 11.5 Å². The molecule has 0 fully saturated rings. The van der Waals surface area contributed by atoms with Crippen molar-refractivity contribution in [1.29, 1.82) is 0 Å². The smallest absolute Gasteiger partial charge is 0.348 e. The van der Waals surface area contributed by atoms with Gasteiger partial charge in [0.2, 0.25) is 6.79 Å². The first kappa shape index (κ1) is 18.0. The number of benzene rings is 2. The molecule has 0 saturated heterocycles. The number of carbonyl (C=O) groups excluding carboxylic acids is 3. The van der Waals surface area contributed by atoms with E-state index in [0.29, 0.717) is 16.4 Å². The predicted octanol–water partition coefficient (Wildman–Crippen LogP) is 3.63. The molecule has 1 aliphatic heterocycles. The van der Waals surface area contributed by atoms with Crippen LogP contribution in [-0.4, -0.2) is 31.1 Å². The van der Waals surface area contributed by atoms with Crippen LogP contribution in [0.15, 0.2) is 42.5 Å². The first-order valence-electron chi connectivity index (χ1n) is 8.41. The Morgan fingerprint density at radius 1 is 1.11 bits per heavy atom. The summed E-state index contributed by atoms with van der Waals surface area (Å²) in [7, 11) is 0. The lowest BCUT2D eigenvalue weighted by atomic mass is 10.1. The van der Waals surface area contributed by atoms with Crippen molar-refractivity contribution in [3.8, 4) is 11.5 Å². The fourth-order valence-corrected chi connectivity index (χ4v) is 3.76. The van der Waals surface area contributed by atoms with Gasteiger partial charge >= 0.3 is 5.97 Å². The number of rotatable bonds is 5. The molecule has 1 aliphatic rings. The summed E-state index contributed by atoms with van der Waals surface area (Å²) in [5.41, 5.74) is 0.563. The molecular weight excluding hydrogens is 382 g/mol. The van der Waals surface area contributed by atoms with Gasteiger partial charge < -0.3 is 19.5 Å². The minimum Gasteiger partial charge on any atom is -0.454 e. The third-order valence-corrected chi connectivity index (χ3v) is 5.22. The second kappa shape index (κ2) is 7.32. The maximum absolute atomic E-state index is 12.2. The molecule has 0 unspecified atom stereocenters. The van der Waals surface area contributed by atoms with Crippen molar-refractivity contribution in [3.63, 3.8) is 0 Å². The highest BCUT2D eigenvalue weighted by Crippen LogP contribution is 2.37. The van der Waals surface area contributed by atoms with Crippen molar-refractivity contribution < 1.29 is 28.6 Å². The molecule has 1 aromatic heterocycles. The van der Waals surface area contributed by atoms with Gasteiger partial charge in [-0.1, -0.05) is 18.2 Å². The fourth-order valence-electron chi connectivity index (χ4n) is 2.81. The van der Waals surface area contributed by atoms with E-state index in [4.69, 9.17) is 14.2 Å². The number of ketones is 1. The highest BCUT2D eigenvalue weighted by molar-refractivity contribution is 7.20. The Morgan fingerprint density at radius 3 is 2.61 bits per heavy atom. The lowest BCUT2D eigenvalue weighted by Gasteiger charge is -2.10. The Labute approximate surface area is 163 Å². The van der Waals surface area contributed by atoms with Crippen LogP contribution in [0.2, 0.25) is 0 Å². The van der Waals surface area contributed by atoms with Crippen molar-refractivity contribution in [1.82, 2.24) is 0 Å². The zero-order chi connectivity index (χ0) is 19.7. The molecule has 1 amide bonds. The van der Waals surface area contributed by atoms with Gasteiger partial charge in [0, 0.05) is 16.3 Å². The van der Waals surface area contributed by atoms with Crippen molar-refractivity contribution in [2.75, 3.05) is 18.7 Å². The molecule has 7 nitrogen and oxygen atoms in total. The predicted molar refractivity (Wildman–Crippen MR) is 103 cm³/mol. The molecule has 0 aliphatic carbocycles. The van der Waals surface area contributed by atoms with E-state index in [1.165, 1.54) is 30.4 Å². The van der Waals surface area contributed by atoms with Gasteiger partial charge in [0.25, 0.3) is 5.91 Å². The number of anilines is 1. The van der Waals surface area contributed by atoms with Crippen molar-refractivity contribution in [3.05, 3.63) is 52.9 Å². The molecule has 3 aromatic rings. The van der Waals surface area contributed by atoms with Crippen LogP contribution in [-0.2, 0) is 9.53 Å². The highest BCUT2D eigenvalue weighted by atomic mass is 32.1. The molecular formula is C20H15NO6S. The maximum atomic E-state index is 12.2. The molecule has 0 atom stereocenters. The first-order valence-corrected chi connectivity index (χ1v) is 9.23. The van der Waals surface area contributed by atoms with Gasteiger partial charge in [-0.2, -0.15) is 0 Å². The summed E-state index contributed by atoms with van der Waals surface area (Å²) in [4.78, 5) is 36.7. The third kappa shape index (κ3) is 3.54. The number of thiophene rings is 1. The van der Waals surface area contributed by atoms with Crippen LogP contribution in [0.4, 0.5) is 5.69 Å². The van der Waals surface area contributed by atoms with Crippen LogP contribution in [0.1, 0.15) is 27.0 Å². The number of ether oxygens (including phenoxy) is 3. The van der Waals surface area contributed by atoms with Gasteiger partial charge in [0.05, 0.1) is 5.69 Å². The molecule has 142 valence electrons. The Morgan fingerprint density at radius 2 is 1.86 bits per heavy atom. The maximum Gasteiger partial charge on any atom is 0.348 e. The van der Waals surface area contributed by atoms with Gasteiger partial charge in [-0.25, -0.2) is 4.79 Å². The second-order valence-electron chi connectivity index (χ2n) is 6.08. The Bertz CT molecular complexity index is 1070. The number of amides is 1. The molecule has 0 saturated carbocycles. The standard InChI is InChI=1S/C20H15NO6S/c1-11(22)13-7-15-16(27-10-26-15)8-14(13)21-19(23)9-25-20(24)18-6-12-4-2-3-5-17(12)28-18/h2-8H,9-10H2,1H3,(H,21,23). The van der Waals surface area contributed by atoms with Crippen molar-refractivity contribution in [2.24, 2.45) is 0 Å². The molecule has 1 N–H and O–H groups in total. The van der Waals surface area contributed by atoms with Gasteiger partial charge in [0.15, 0.2) is 23.9 Å². The largest absolute Gasteiger partial charge is 0.454 e. The minimum atomic E-state index is -0.575. The molecule has 28 heavy (non-hydrogen) atoms. The lowest BCUT2D eigenvalue weighted by molar-refractivity contribution is -0.119. The molecule has 0 spiro atoms. The summed E-state index contributed by atoms with van der Waals surface area (Å²) in [6.07, 6.45) is 0. The number of Topliss-reactive ketones (excluding diaryl/α,β-unsaturated/α-hetero) is 1. The monoisotopic (exact) mass is 397 g/mol. The van der Waals surface area contributed by atoms with Gasteiger partial charge in [-0.05, 0) is 30.5 Å². The van der Waals surface area contributed by atoms with Crippen molar-refractivity contribution >= 4 is 44.8 Å². The summed E-state index contributed by atoms with van der Waals surface area (Å²) in [6, 6.07) is 12.3. The van der Waals surface area contributed by atoms with Crippen LogP contribution < -0.4 is 14.8 Å². The summed E-state index contributed by atoms with van der Waals surface area (Å²) < 4.78 is 16.6. The van der Waals surface area contributed by atoms with E-state index in [2.05, 4.69) is 5.32 Å². The van der Waals surface area contributed by atoms with Crippen LogP contribution in [0.25, 0.3) is 10.1 Å². The van der Waals surface area contributed by atoms with E-state index in [1.807, 2.05) is 24.3 Å². The number of hydrogen-bond acceptors (Lipinski definition) is 7. The fraction of sp³-hybridized carbons (Fsp3) is 0.150. The van der Waals surface area contributed by atoms with Crippen LogP contribution in [0, 0.1) is 0 Å². The van der Waals surface area contributed by atoms with E-state index in [0.717, 1.165) is 10.1 Å². The van der Waals surface area contributed by atoms with Crippen molar-refractivity contribution in [2.45, 2.75) is 6.92 Å². The average molecular weight is 397 g/mol. The lowest BCUT2D eigenvalue weighted by Crippen LogP contribution is -2.21. The summed E-state index contributed by atoms with van der Waals surface area (Å²) >= 11 is 1.30. The SMILES string of the molecule is CC(=O)c1cc2c(cc1NC(=O)COC(=O)c1cc3ccccc3s1)OCO2. The number of fused-ring (bicyclic) bond motifs is 2. The third-order valence-electron chi connectivity index (χ3n) is 4.13. The number of hydrogen-bond donors (Lipinski definition) is 1. The molecule has 2 heterocycles. The van der Waals surface area contributed by atoms with Crippen LogP contribution >= 0.6 is 11.3 Å². The Kier molecular flexibility index (Phi) is 4.70. The number of carbonyl (C=O) groups is 3. The summed E-state index contributed by atoms with van der Waals surface area (Å²) in [5.74, 6) is -0.498. The topological polar surface area (TPSA) is 90.9 Å². The average Bonchev–Trinajstić information content (AvgIpc) is 3.31. The summed E-state index contributed by atoms with van der Waals surface area (Å²) in [6.45, 7) is 0.963. The van der Waals surface area contributed by atoms with E-state index in [1.54, 1.807) is 6.07 Å². The normalized spacial score (nSPS) is 12.0. The molecule has 0 radical (unpaired) electrons. The Balaban J connectivity index is 1.43. The number of esters is 1. The highest BCUT2D eigenvalue weighted by Gasteiger charge is 2.21.